The molecule has 0 atom stereocenters. The summed E-state index contributed by atoms with van der Waals surface area (Å²) in [4.78, 5) is 36.0. The van der Waals surface area contributed by atoms with Gasteiger partial charge < -0.3 is 4.74 Å². The third-order valence-corrected chi connectivity index (χ3v) is 4.16. The minimum atomic E-state index is -0.583. The lowest BCUT2D eigenvalue weighted by molar-refractivity contribution is -0.385. The molecule has 0 heterocycles. The Hall–Kier alpha value is -4.06. The molecule has 6 heteroatoms. The highest BCUT2D eigenvalue weighted by Gasteiger charge is 2.18. The number of carbonyl (C=O) groups is 2. The molecule has 0 aromatic heterocycles. The van der Waals surface area contributed by atoms with Crippen molar-refractivity contribution in [1.29, 1.82) is 0 Å². The van der Waals surface area contributed by atoms with E-state index < -0.39 is 10.9 Å². The van der Waals surface area contributed by atoms with E-state index >= 15 is 0 Å². The maximum Gasteiger partial charge on any atom is 0.338 e. The number of esters is 1. The van der Waals surface area contributed by atoms with Gasteiger partial charge in [0.2, 0.25) is 0 Å². The van der Waals surface area contributed by atoms with Crippen LogP contribution in [0.5, 0.6) is 0 Å². The number of benzene rings is 3. The lowest BCUT2D eigenvalue weighted by Gasteiger charge is -2.09. The number of ketones is 1. The number of ether oxygens (including phenoxy) is 1. The first kappa shape index (κ1) is 19.7. The fourth-order valence-electron chi connectivity index (χ4n) is 2.71. The molecule has 0 aliphatic heterocycles. The van der Waals surface area contributed by atoms with E-state index in [1.165, 1.54) is 18.2 Å². The molecule has 0 amide bonds. The monoisotopic (exact) mass is 387 g/mol. The molecule has 3 rings (SSSR count). The van der Waals surface area contributed by atoms with Crippen molar-refractivity contribution in [3.05, 3.63) is 117 Å². The molecule has 0 bridgehead atoms. The van der Waals surface area contributed by atoms with Crippen LogP contribution in [0.25, 0.3) is 6.08 Å². The number of nitro benzene ring substituents is 1. The predicted octanol–water partition coefficient (Wildman–Crippen LogP) is 4.72. The normalized spacial score (nSPS) is 11.0. The molecule has 6 nitrogen and oxygen atoms in total. The molecule has 0 unspecified atom stereocenters. The van der Waals surface area contributed by atoms with Gasteiger partial charge in [0, 0.05) is 17.2 Å². The fourth-order valence-corrected chi connectivity index (χ4v) is 2.71. The fraction of sp³-hybridized carbons (Fsp3) is 0.0435. The van der Waals surface area contributed by atoms with Crippen LogP contribution in [0.1, 0.15) is 26.3 Å². The van der Waals surface area contributed by atoms with Crippen molar-refractivity contribution in [3.63, 3.8) is 0 Å². The molecule has 29 heavy (non-hydrogen) atoms. The van der Waals surface area contributed by atoms with Crippen molar-refractivity contribution in [2.75, 3.05) is 6.61 Å². The van der Waals surface area contributed by atoms with E-state index in [1.807, 2.05) is 0 Å². The van der Waals surface area contributed by atoms with E-state index in [2.05, 4.69) is 0 Å². The van der Waals surface area contributed by atoms with Gasteiger partial charge in [-0.25, -0.2) is 4.79 Å². The molecular weight excluding hydrogens is 370 g/mol. The van der Waals surface area contributed by atoms with Crippen LogP contribution in [-0.2, 0) is 4.74 Å². The van der Waals surface area contributed by atoms with Crippen molar-refractivity contribution in [3.8, 4) is 0 Å². The molecule has 0 radical (unpaired) electrons. The summed E-state index contributed by atoms with van der Waals surface area (Å²) in [7, 11) is 0. The van der Waals surface area contributed by atoms with Crippen molar-refractivity contribution in [2.24, 2.45) is 0 Å². The first-order chi connectivity index (χ1) is 14.1. The number of hydrogen-bond acceptors (Lipinski definition) is 5. The highest BCUT2D eigenvalue weighted by molar-refractivity contribution is 6.12. The molecule has 0 saturated carbocycles. The highest BCUT2D eigenvalue weighted by atomic mass is 16.6. The van der Waals surface area contributed by atoms with Gasteiger partial charge in [-0.1, -0.05) is 60.7 Å². The summed E-state index contributed by atoms with van der Waals surface area (Å²) in [5, 5.41) is 11.3. The number of hydrogen-bond donors (Lipinski definition) is 0. The van der Waals surface area contributed by atoms with Gasteiger partial charge in [0.15, 0.2) is 5.78 Å². The van der Waals surface area contributed by atoms with Crippen LogP contribution in [0.3, 0.4) is 0 Å². The van der Waals surface area contributed by atoms with Crippen molar-refractivity contribution in [2.45, 2.75) is 0 Å². The van der Waals surface area contributed by atoms with E-state index in [9.17, 15) is 19.7 Å². The number of para-hydroxylation sites is 1. The van der Waals surface area contributed by atoms with Gasteiger partial charge in [-0.15, -0.1) is 0 Å². The standard InChI is InChI=1S/C23H17NO5/c25-22(17-9-3-1-4-10-17)20(15-19-13-7-8-14-21(19)24(27)28)16-29-23(26)18-11-5-2-6-12-18/h1-15H,16H2/b20-15-. The molecule has 144 valence electrons. The van der Waals surface area contributed by atoms with Crippen LogP contribution in [0, 0.1) is 10.1 Å². The predicted molar refractivity (Wildman–Crippen MR) is 109 cm³/mol. The summed E-state index contributed by atoms with van der Waals surface area (Å²) in [6, 6.07) is 22.9. The van der Waals surface area contributed by atoms with Gasteiger partial charge in [-0.05, 0) is 24.3 Å². The van der Waals surface area contributed by atoms with Gasteiger partial charge in [-0.3, -0.25) is 14.9 Å². The summed E-state index contributed by atoms with van der Waals surface area (Å²) in [6.07, 6.45) is 1.39. The molecular formula is C23H17NO5. The average Bonchev–Trinajstić information content (AvgIpc) is 2.77. The third-order valence-electron chi connectivity index (χ3n) is 4.16. The van der Waals surface area contributed by atoms with Crippen LogP contribution < -0.4 is 0 Å². The Morgan fingerprint density at radius 1 is 0.828 bits per heavy atom. The lowest BCUT2D eigenvalue weighted by atomic mass is 10.0. The Labute approximate surface area is 167 Å². The Morgan fingerprint density at radius 3 is 2.00 bits per heavy atom. The second-order valence-electron chi connectivity index (χ2n) is 6.12. The van der Waals surface area contributed by atoms with Crippen molar-refractivity contribution < 1.29 is 19.2 Å². The molecule has 0 N–H and O–H groups in total. The van der Waals surface area contributed by atoms with Crippen LogP contribution in [0.15, 0.2) is 90.5 Å². The molecule has 0 saturated heterocycles. The van der Waals surface area contributed by atoms with Gasteiger partial charge in [-0.2, -0.15) is 0 Å². The van der Waals surface area contributed by atoms with Crippen molar-refractivity contribution >= 4 is 23.5 Å². The lowest BCUT2D eigenvalue weighted by Crippen LogP contribution is -2.14. The van der Waals surface area contributed by atoms with E-state index in [0.29, 0.717) is 11.1 Å². The van der Waals surface area contributed by atoms with E-state index in [-0.39, 0.29) is 29.2 Å². The maximum atomic E-state index is 12.9. The van der Waals surface area contributed by atoms with Crippen LogP contribution >= 0.6 is 0 Å². The Balaban J connectivity index is 1.93. The van der Waals surface area contributed by atoms with E-state index in [4.69, 9.17) is 4.74 Å². The second-order valence-corrected chi connectivity index (χ2v) is 6.12. The zero-order valence-electron chi connectivity index (χ0n) is 15.4. The molecule has 3 aromatic rings. The largest absolute Gasteiger partial charge is 0.457 e. The minimum Gasteiger partial charge on any atom is -0.457 e. The average molecular weight is 387 g/mol. The minimum absolute atomic E-state index is 0.134. The van der Waals surface area contributed by atoms with Gasteiger partial charge in [0.25, 0.3) is 5.69 Å². The Kier molecular flexibility index (Phi) is 6.27. The molecule has 0 aliphatic carbocycles. The number of nitro groups is 1. The molecule has 0 aliphatic rings. The number of rotatable bonds is 7. The van der Waals surface area contributed by atoms with Crippen LogP contribution in [0.2, 0.25) is 0 Å². The number of carbonyl (C=O) groups excluding carboxylic acids is 2. The maximum absolute atomic E-state index is 12.9. The molecule has 0 spiro atoms. The van der Waals surface area contributed by atoms with E-state index in [0.717, 1.165) is 0 Å². The smallest absolute Gasteiger partial charge is 0.338 e. The summed E-state index contributed by atoms with van der Waals surface area (Å²) in [6.45, 7) is -0.312. The topological polar surface area (TPSA) is 86.5 Å². The van der Waals surface area contributed by atoms with Crippen LogP contribution in [0.4, 0.5) is 5.69 Å². The van der Waals surface area contributed by atoms with E-state index in [1.54, 1.807) is 72.8 Å². The summed E-state index contributed by atoms with van der Waals surface area (Å²) in [5.41, 5.74) is 1.00. The first-order valence-electron chi connectivity index (χ1n) is 8.82. The van der Waals surface area contributed by atoms with Gasteiger partial charge >= 0.3 is 5.97 Å². The summed E-state index contributed by atoms with van der Waals surface area (Å²) >= 11 is 0. The quantitative estimate of drug-likeness (QED) is 0.192. The van der Waals surface area contributed by atoms with Crippen LogP contribution in [-0.4, -0.2) is 23.3 Å². The highest BCUT2D eigenvalue weighted by Crippen LogP contribution is 2.22. The number of Topliss-reactive ketones (excluding diaryl/α,β-unsaturated/α-hetero) is 1. The van der Waals surface area contributed by atoms with Crippen molar-refractivity contribution in [1.82, 2.24) is 0 Å². The van der Waals surface area contributed by atoms with Gasteiger partial charge in [0.1, 0.15) is 6.61 Å². The second kappa shape index (κ2) is 9.23. The summed E-state index contributed by atoms with van der Waals surface area (Å²) < 4.78 is 5.31. The first-order valence-corrected chi connectivity index (χ1v) is 8.82. The molecule has 3 aromatic carbocycles. The Bertz CT molecular complexity index is 1060. The van der Waals surface area contributed by atoms with Gasteiger partial charge in [0.05, 0.1) is 16.1 Å². The zero-order valence-corrected chi connectivity index (χ0v) is 15.4. The third kappa shape index (κ3) is 5.01. The zero-order chi connectivity index (χ0) is 20.6. The SMILES string of the molecule is O=C(OC/C(=C/c1ccccc1[N+](=O)[O-])C(=O)c1ccccc1)c1ccccc1. The molecule has 0 fully saturated rings. The number of nitrogens with zero attached hydrogens (tertiary/aromatic N) is 1. The Morgan fingerprint density at radius 2 is 1.38 bits per heavy atom. The summed E-state index contributed by atoms with van der Waals surface area (Å²) in [5.74, 6) is -0.954.